The van der Waals surface area contributed by atoms with Gasteiger partial charge in [-0.3, -0.25) is 10.1 Å². The van der Waals surface area contributed by atoms with E-state index in [2.05, 4.69) is 5.32 Å². The zero-order valence-corrected chi connectivity index (χ0v) is 10.3. The summed E-state index contributed by atoms with van der Waals surface area (Å²) in [6.07, 6.45) is 4.34. The van der Waals surface area contributed by atoms with Crippen LogP contribution in [0.4, 0.5) is 11.4 Å². The van der Waals surface area contributed by atoms with Crippen LogP contribution in [0, 0.1) is 15.5 Å². The van der Waals surface area contributed by atoms with Gasteiger partial charge in [-0.1, -0.05) is 18.9 Å². The fourth-order valence-electron chi connectivity index (χ4n) is 2.53. The van der Waals surface area contributed by atoms with Crippen LogP contribution in [0.15, 0.2) is 24.3 Å². The SMILES string of the molecule is O=[N+]([O-])c1cccc(NCC2(CO)CCCC2)c1. The van der Waals surface area contributed by atoms with E-state index >= 15 is 0 Å². The lowest BCUT2D eigenvalue weighted by molar-refractivity contribution is -0.384. The number of rotatable bonds is 5. The molecule has 0 aliphatic heterocycles. The smallest absolute Gasteiger partial charge is 0.271 e. The number of nitro benzene ring substituents is 1. The minimum atomic E-state index is -0.400. The Hall–Kier alpha value is -1.62. The largest absolute Gasteiger partial charge is 0.396 e. The highest BCUT2D eigenvalue weighted by atomic mass is 16.6. The summed E-state index contributed by atoms with van der Waals surface area (Å²) >= 11 is 0. The maximum absolute atomic E-state index is 10.7. The van der Waals surface area contributed by atoms with Crippen molar-refractivity contribution in [3.8, 4) is 0 Å². The van der Waals surface area contributed by atoms with Gasteiger partial charge in [0.25, 0.3) is 5.69 Å². The molecule has 2 N–H and O–H groups in total. The van der Waals surface area contributed by atoms with Crippen LogP contribution in [-0.4, -0.2) is 23.2 Å². The lowest BCUT2D eigenvalue weighted by atomic mass is 9.87. The molecule has 1 fully saturated rings. The minimum Gasteiger partial charge on any atom is -0.396 e. The van der Waals surface area contributed by atoms with Crippen LogP contribution in [0.25, 0.3) is 0 Å². The van der Waals surface area contributed by atoms with Gasteiger partial charge in [-0.05, 0) is 18.9 Å². The zero-order chi connectivity index (χ0) is 13.0. The molecule has 5 heteroatoms. The Bertz CT molecular complexity index is 428. The molecular formula is C13H18N2O3. The van der Waals surface area contributed by atoms with E-state index in [1.54, 1.807) is 6.07 Å². The van der Waals surface area contributed by atoms with Gasteiger partial charge in [-0.25, -0.2) is 0 Å². The number of anilines is 1. The second-order valence-corrected chi connectivity index (χ2v) is 5.03. The first kappa shape index (κ1) is 12.8. The summed E-state index contributed by atoms with van der Waals surface area (Å²) in [5.41, 5.74) is 0.776. The van der Waals surface area contributed by atoms with Crippen molar-refractivity contribution in [3.63, 3.8) is 0 Å². The second-order valence-electron chi connectivity index (χ2n) is 5.03. The summed E-state index contributed by atoms with van der Waals surface area (Å²) in [6.45, 7) is 0.847. The summed E-state index contributed by atoms with van der Waals surface area (Å²) in [6, 6.07) is 6.48. The van der Waals surface area contributed by atoms with Gasteiger partial charge in [-0.2, -0.15) is 0 Å². The Morgan fingerprint density at radius 2 is 2.11 bits per heavy atom. The number of hydrogen-bond acceptors (Lipinski definition) is 4. The van der Waals surface area contributed by atoms with Crippen LogP contribution in [0.5, 0.6) is 0 Å². The Morgan fingerprint density at radius 3 is 2.72 bits per heavy atom. The molecule has 1 aliphatic rings. The minimum absolute atomic E-state index is 0.0510. The summed E-state index contributed by atoms with van der Waals surface area (Å²) in [7, 11) is 0. The van der Waals surface area contributed by atoms with E-state index in [-0.39, 0.29) is 17.7 Å². The third-order valence-electron chi connectivity index (χ3n) is 3.72. The van der Waals surface area contributed by atoms with Crippen molar-refractivity contribution in [2.24, 2.45) is 5.41 Å². The number of hydrogen-bond donors (Lipinski definition) is 2. The van der Waals surface area contributed by atoms with Crippen molar-refractivity contribution < 1.29 is 10.0 Å². The molecule has 0 unspecified atom stereocenters. The molecule has 0 atom stereocenters. The molecule has 1 saturated carbocycles. The van der Waals surface area contributed by atoms with Gasteiger partial charge in [0.05, 0.1) is 11.5 Å². The summed E-state index contributed by atoms with van der Waals surface area (Å²) < 4.78 is 0. The predicted octanol–water partition coefficient (Wildman–Crippen LogP) is 2.56. The van der Waals surface area contributed by atoms with Crippen LogP contribution in [0.3, 0.4) is 0 Å². The van der Waals surface area contributed by atoms with Crippen molar-refractivity contribution >= 4 is 11.4 Å². The first-order valence-corrected chi connectivity index (χ1v) is 6.24. The molecule has 0 amide bonds. The van der Waals surface area contributed by atoms with E-state index < -0.39 is 4.92 Å². The average molecular weight is 250 g/mol. The fraction of sp³-hybridized carbons (Fsp3) is 0.538. The van der Waals surface area contributed by atoms with E-state index in [1.807, 2.05) is 6.07 Å². The van der Waals surface area contributed by atoms with E-state index in [9.17, 15) is 15.2 Å². The molecule has 0 aromatic heterocycles. The van der Waals surface area contributed by atoms with E-state index in [1.165, 1.54) is 12.1 Å². The van der Waals surface area contributed by atoms with Crippen molar-refractivity contribution in [2.75, 3.05) is 18.5 Å². The molecule has 5 nitrogen and oxygen atoms in total. The van der Waals surface area contributed by atoms with Gasteiger partial charge in [0, 0.05) is 29.8 Å². The van der Waals surface area contributed by atoms with Gasteiger partial charge in [0.1, 0.15) is 0 Å². The van der Waals surface area contributed by atoms with Crippen LogP contribution in [0.1, 0.15) is 25.7 Å². The number of non-ortho nitro benzene ring substituents is 1. The van der Waals surface area contributed by atoms with Gasteiger partial charge in [-0.15, -0.1) is 0 Å². The standard InChI is InChI=1S/C13H18N2O3/c16-10-13(6-1-2-7-13)9-14-11-4-3-5-12(8-11)15(17)18/h3-5,8,14,16H,1-2,6-7,9-10H2. The lowest BCUT2D eigenvalue weighted by Crippen LogP contribution is -2.30. The number of nitrogens with zero attached hydrogens (tertiary/aromatic N) is 1. The van der Waals surface area contributed by atoms with Gasteiger partial charge < -0.3 is 10.4 Å². The predicted molar refractivity (Wildman–Crippen MR) is 69.6 cm³/mol. The fourth-order valence-corrected chi connectivity index (χ4v) is 2.53. The first-order valence-electron chi connectivity index (χ1n) is 6.24. The van der Waals surface area contributed by atoms with Crippen molar-refractivity contribution in [1.82, 2.24) is 0 Å². The highest BCUT2D eigenvalue weighted by molar-refractivity contribution is 5.51. The van der Waals surface area contributed by atoms with Crippen molar-refractivity contribution in [2.45, 2.75) is 25.7 Å². The number of benzene rings is 1. The molecule has 0 heterocycles. The summed E-state index contributed by atoms with van der Waals surface area (Å²) in [5, 5.41) is 23.4. The summed E-state index contributed by atoms with van der Waals surface area (Å²) in [4.78, 5) is 10.3. The Kier molecular flexibility index (Phi) is 3.81. The normalized spacial score (nSPS) is 17.6. The third kappa shape index (κ3) is 2.79. The molecule has 18 heavy (non-hydrogen) atoms. The van der Waals surface area contributed by atoms with Gasteiger partial charge >= 0.3 is 0 Å². The topological polar surface area (TPSA) is 75.4 Å². The van der Waals surface area contributed by atoms with E-state index in [4.69, 9.17) is 0 Å². The Labute approximate surface area is 106 Å². The maximum atomic E-state index is 10.7. The Morgan fingerprint density at radius 1 is 1.39 bits per heavy atom. The molecule has 0 radical (unpaired) electrons. The zero-order valence-electron chi connectivity index (χ0n) is 10.3. The molecule has 1 aliphatic carbocycles. The van der Waals surface area contributed by atoms with Crippen LogP contribution >= 0.6 is 0 Å². The van der Waals surface area contributed by atoms with Crippen LogP contribution in [-0.2, 0) is 0 Å². The van der Waals surface area contributed by atoms with Gasteiger partial charge in [0.2, 0.25) is 0 Å². The molecule has 1 aromatic carbocycles. The van der Waals surface area contributed by atoms with E-state index in [0.29, 0.717) is 6.54 Å². The lowest BCUT2D eigenvalue weighted by Gasteiger charge is -2.27. The average Bonchev–Trinajstić information content (AvgIpc) is 2.86. The number of nitrogens with one attached hydrogen (secondary N) is 1. The number of nitro groups is 1. The molecule has 0 bridgehead atoms. The van der Waals surface area contributed by atoms with Gasteiger partial charge in [0.15, 0.2) is 0 Å². The quantitative estimate of drug-likeness (QED) is 0.622. The highest BCUT2D eigenvalue weighted by Gasteiger charge is 2.32. The maximum Gasteiger partial charge on any atom is 0.271 e. The van der Waals surface area contributed by atoms with E-state index in [0.717, 1.165) is 31.4 Å². The monoisotopic (exact) mass is 250 g/mol. The van der Waals surface area contributed by atoms with Crippen LogP contribution < -0.4 is 5.32 Å². The molecular weight excluding hydrogens is 232 g/mol. The number of aliphatic hydroxyl groups is 1. The van der Waals surface area contributed by atoms with Crippen LogP contribution in [0.2, 0.25) is 0 Å². The van der Waals surface area contributed by atoms with Crippen molar-refractivity contribution in [1.29, 1.82) is 0 Å². The van der Waals surface area contributed by atoms with Crippen molar-refractivity contribution in [3.05, 3.63) is 34.4 Å². The highest BCUT2D eigenvalue weighted by Crippen LogP contribution is 2.37. The molecule has 2 rings (SSSR count). The third-order valence-corrected chi connectivity index (χ3v) is 3.72. The molecule has 0 saturated heterocycles. The number of aliphatic hydroxyl groups excluding tert-OH is 1. The Balaban J connectivity index is 2.01. The molecule has 98 valence electrons. The second kappa shape index (κ2) is 5.35. The first-order chi connectivity index (χ1) is 8.65. The summed E-state index contributed by atoms with van der Waals surface area (Å²) in [5.74, 6) is 0. The molecule has 0 spiro atoms. The molecule has 1 aromatic rings.